The molecule has 29 heavy (non-hydrogen) atoms. The number of carbonyl (C=O) groups excluding carboxylic acids is 1. The van der Waals surface area contributed by atoms with Gasteiger partial charge in [-0.15, -0.1) is 11.3 Å². The number of hydrogen-bond acceptors (Lipinski definition) is 4. The quantitative estimate of drug-likeness (QED) is 0.335. The van der Waals surface area contributed by atoms with Crippen LogP contribution >= 0.6 is 11.3 Å². The largest absolute Gasteiger partial charge is 0.494 e. The van der Waals surface area contributed by atoms with Crippen LogP contribution in [0.1, 0.15) is 63.0 Å². The minimum Gasteiger partial charge on any atom is -0.494 e. The number of fused-ring (bicyclic) bond motifs is 1. The number of hydrogen-bond donors (Lipinski definition) is 0. The first kappa shape index (κ1) is 21.4. The molecule has 0 spiro atoms. The van der Waals surface area contributed by atoms with Crippen LogP contribution in [-0.2, 0) is 4.74 Å². The molecule has 1 aromatic carbocycles. The molecule has 1 aliphatic rings. The third kappa shape index (κ3) is 5.60. The predicted octanol–water partition coefficient (Wildman–Crippen LogP) is 7.44. The van der Waals surface area contributed by atoms with Crippen LogP contribution in [0.4, 0.5) is 0 Å². The summed E-state index contributed by atoms with van der Waals surface area (Å²) in [6.07, 6.45) is 10.9. The molecule has 4 heteroatoms. The van der Waals surface area contributed by atoms with Crippen LogP contribution in [0.3, 0.4) is 0 Å². The maximum atomic E-state index is 12.5. The van der Waals surface area contributed by atoms with Crippen molar-refractivity contribution in [3.8, 4) is 5.75 Å². The molecule has 0 bridgehead atoms. The van der Waals surface area contributed by atoms with E-state index in [0.717, 1.165) is 35.1 Å². The number of carbonyl (C=O) groups is 1. The summed E-state index contributed by atoms with van der Waals surface area (Å²) in [5.74, 6) is 1.65. The van der Waals surface area contributed by atoms with Crippen molar-refractivity contribution in [1.29, 1.82) is 0 Å². The van der Waals surface area contributed by atoms with Crippen LogP contribution in [0.5, 0.6) is 5.75 Å². The van der Waals surface area contributed by atoms with Crippen LogP contribution < -0.4 is 4.74 Å². The van der Waals surface area contributed by atoms with Crippen molar-refractivity contribution in [2.24, 2.45) is 5.92 Å². The van der Waals surface area contributed by atoms with Gasteiger partial charge in [0.2, 0.25) is 0 Å². The summed E-state index contributed by atoms with van der Waals surface area (Å²) in [6.45, 7) is 8.89. The average molecular weight is 411 g/mol. The van der Waals surface area contributed by atoms with Gasteiger partial charge in [-0.2, -0.15) is 0 Å². The Balaban J connectivity index is 1.60. The van der Waals surface area contributed by atoms with Gasteiger partial charge in [0.25, 0.3) is 0 Å². The van der Waals surface area contributed by atoms with E-state index in [0.29, 0.717) is 23.2 Å². The highest BCUT2D eigenvalue weighted by Gasteiger charge is 2.15. The van der Waals surface area contributed by atoms with Gasteiger partial charge >= 0.3 is 5.97 Å². The third-order valence-electron chi connectivity index (χ3n) is 5.37. The van der Waals surface area contributed by atoms with Crippen LogP contribution in [0, 0.1) is 5.92 Å². The first-order chi connectivity index (χ1) is 14.0. The molecule has 0 saturated heterocycles. The molecule has 3 rings (SSSR count). The molecule has 154 valence electrons. The van der Waals surface area contributed by atoms with E-state index in [9.17, 15) is 4.79 Å². The maximum absolute atomic E-state index is 12.5. The SMILES string of the molecule is CCOc1ccc2cc(C(=O)O/C(C)=C/CC(C)C3=CC=C(CC)CC3)sc2c1. The molecule has 2 aromatic rings. The Labute approximate surface area is 177 Å². The van der Waals surface area contributed by atoms with Crippen LogP contribution in [0.25, 0.3) is 10.1 Å². The van der Waals surface area contributed by atoms with E-state index in [1.54, 1.807) is 0 Å². The fourth-order valence-electron chi connectivity index (χ4n) is 3.50. The van der Waals surface area contributed by atoms with Crippen LogP contribution in [0.2, 0.25) is 0 Å². The summed E-state index contributed by atoms with van der Waals surface area (Å²) in [5, 5.41) is 1.03. The average Bonchev–Trinajstić information content (AvgIpc) is 3.16. The highest BCUT2D eigenvalue weighted by atomic mass is 32.1. The smallest absolute Gasteiger partial charge is 0.353 e. The van der Waals surface area contributed by atoms with Crippen LogP contribution in [-0.4, -0.2) is 12.6 Å². The number of allylic oxidation sites excluding steroid dienone is 6. The third-order valence-corrected chi connectivity index (χ3v) is 6.45. The maximum Gasteiger partial charge on any atom is 0.353 e. The van der Waals surface area contributed by atoms with Crippen molar-refractivity contribution in [3.05, 3.63) is 64.3 Å². The van der Waals surface area contributed by atoms with E-state index in [4.69, 9.17) is 9.47 Å². The number of thiophene rings is 1. The summed E-state index contributed by atoms with van der Waals surface area (Å²) in [5.41, 5.74) is 3.01. The number of rotatable bonds is 8. The second kappa shape index (κ2) is 9.93. The lowest BCUT2D eigenvalue weighted by Gasteiger charge is -2.19. The van der Waals surface area contributed by atoms with Crippen LogP contribution in [0.15, 0.2) is 59.4 Å². The molecule has 1 atom stereocenters. The highest BCUT2D eigenvalue weighted by Crippen LogP contribution is 2.31. The molecule has 0 aliphatic heterocycles. The molecule has 1 aromatic heterocycles. The zero-order valence-electron chi connectivity index (χ0n) is 17.8. The lowest BCUT2D eigenvalue weighted by Crippen LogP contribution is -2.04. The molecule has 0 saturated carbocycles. The van der Waals surface area contributed by atoms with Crippen molar-refractivity contribution in [1.82, 2.24) is 0 Å². The van der Waals surface area contributed by atoms with Gasteiger partial charge < -0.3 is 9.47 Å². The molecule has 1 aliphatic carbocycles. The second-order valence-corrected chi connectivity index (χ2v) is 8.59. The van der Waals surface area contributed by atoms with Crippen molar-refractivity contribution in [3.63, 3.8) is 0 Å². The first-order valence-corrected chi connectivity index (χ1v) is 11.3. The van der Waals surface area contributed by atoms with E-state index in [2.05, 4.69) is 26.0 Å². The predicted molar refractivity (Wildman–Crippen MR) is 122 cm³/mol. The van der Waals surface area contributed by atoms with Crippen molar-refractivity contribution in [2.45, 2.75) is 53.4 Å². The summed E-state index contributed by atoms with van der Waals surface area (Å²) in [6, 6.07) is 7.77. The summed E-state index contributed by atoms with van der Waals surface area (Å²) in [4.78, 5) is 13.2. The molecular formula is C25H30O3S. The lowest BCUT2D eigenvalue weighted by molar-refractivity contribution is 0.0630. The molecule has 0 fully saturated rings. The van der Waals surface area contributed by atoms with Crippen molar-refractivity contribution >= 4 is 27.4 Å². The molecule has 0 N–H and O–H groups in total. The van der Waals surface area contributed by atoms with Gasteiger partial charge in [-0.1, -0.05) is 37.1 Å². The van der Waals surface area contributed by atoms with Gasteiger partial charge in [0.1, 0.15) is 16.4 Å². The number of benzene rings is 1. The normalized spacial score (nSPS) is 15.7. The highest BCUT2D eigenvalue weighted by molar-refractivity contribution is 7.20. The molecular weight excluding hydrogens is 380 g/mol. The Bertz CT molecular complexity index is 962. The minimum atomic E-state index is -0.294. The Morgan fingerprint density at radius 1 is 1.21 bits per heavy atom. The first-order valence-electron chi connectivity index (χ1n) is 10.4. The van der Waals surface area contributed by atoms with E-state index < -0.39 is 0 Å². The summed E-state index contributed by atoms with van der Waals surface area (Å²) >= 11 is 1.44. The zero-order chi connectivity index (χ0) is 20.8. The fourth-order valence-corrected chi connectivity index (χ4v) is 4.47. The number of esters is 1. The Morgan fingerprint density at radius 2 is 2.03 bits per heavy atom. The van der Waals surface area contributed by atoms with Gasteiger partial charge in [0, 0.05) is 4.70 Å². The van der Waals surface area contributed by atoms with E-state index in [1.165, 1.54) is 28.9 Å². The fraction of sp³-hybridized carbons (Fsp3) is 0.400. The van der Waals surface area contributed by atoms with E-state index >= 15 is 0 Å². The monoisotopic (exact) mass is 410 g/mol. The number of ether oxygens (including phenoxy) is 2. The lowest BCUT2D eigenvalue weighted by atomic mass is 9.87. The van der Waals surface area contributed by atoms with E-state index in [1.807, 2.05) is 44.2 Å². The van der Waals surface area contributed by atoms with Gasteiger partial charge in [-0.05, 0) is 81.2 Å². The molecule has 0 amide bonds. The minimum absolute atomic E-state index is 0.294. The second-order valence-electron chi connectivity index (χ2n) is 7.50. The Kier molecular flexibility index (Phi) is 7.32. The van der Waals surface area contributed by atoms with Crippen molar-refractivity contribution in [2.75, 3.05) is 6.61 Å². The zero-order valence-corrected chi connectivity index (χ0v) is 18.6. The Morgan fingerprint density at radius 3 is 2.72 bits per heavy atom. The summed E-state index contributed by atoms with van der Waals surface area (Å²) < 4.78 is 12.2. The van der Waals surface area contributed by atoms with Crippen molar-refractivity contribution < 1.29 is 14.3 Å². The van der Waals surface area contributed by atoms with E-state index in [-0.39, 0.29) is 5.97 Å². The topological polar surface area (TPSA) is 35.5 Å². The summed E-state index contributed by atoms with van der Waals surface area (Å²) in [7, 11) is 0. The van der Waals surface area contributed by atoms with Gasteiger partial charge in [-0.3, -0.25) is 0 Å². The van der Waals surface area contributed by atoms with Gasteiger partial charge in [0.15, 0.2) is 0 Å². The molecule has 1 unspecified atom stereocenters. The van der Waals surface area contributed by atoms with Gasteiger partial charge in [0.05, 0.1) is 6.61 Å². The van der Waals surface area contributed by atoms with Gasteiger partial charge in [-0.25, -0.2) is 4.79 Å². The standard InChI is InChI=1S/C25H30O3S/c1-5-19-9-11-20(12-10-19)17(3)7-8-18(4)28-25(26)24-15-21-13-14-22(27-6-2)16-23(21)29-24/h8-9,11,13-17H,5-7,10,12H2,1-4H3/b18-8+. The molecule has 3 nitrogen and oxygen atoms in total. The molecule has 0 radical (unpaired) electrons. The molecule has 1 heterocycles. The Hall–Kier alpha value is -2.33.